The van der Waals surface area contributed by atoms with E-state index in [1.165, 1.54) is 29.5 Å². The molecular formula is C22H27NO3. The van der Waals surface area contributed by atoms with Crippen LogP contribution in [0.3, 0.4) is 0 Å². The number of amides is 1. The first-order valence-electron chi connectivity index (χ1n) is 9.32. The Balaban J connectivity index is 1.50. The first-order valence-corrected chi connectivity index (χ1v) is 9.32. The second-order valence-corrected chi connectivity index (χ2v) is 6.74. The van der Waals surface area contributed by atoms with Crippen LogP contribution in [-0.4, -0.2) is 26.7 Å². The van der Waals surface area contributed by atoms with Crippen LogP contribution in [0.2, 0.25) is 0 Å². The third kappa shape index (κ3) is 4.37. The van der Waals surface area contributed by atoms with Gasteiger partial charge in [-0.05, 0) is 79.5 Å². The number of hydrogen-bond donors (Lipinski definition) is 1. The summed E-state index contributed by atoms with van der Waals surface area (Å²) in [5.41, 5.74) is 4.69. The van der Waals surface area contributed by atoms with Crippen LogP contribution in [0, 0.1) is 0 Å². The van der Waals surface area contributed by atoms with E-state index in [0.29, 0.717) is 6.54 Å². The van der Waals surface area contributed by atoms with Gasteiger partial charge in [0.1, 0.15) is 0 Å². The molecule has 3 rings (SSSR count). The van der Waals surface area contributed by atoms with Crippen molar-refractivity contribution >= 4 is 5.91 Å². The molecule has 0 aromatic heterocycles. The van der Waals surface area contributed by atoms with E-state index in [9.17, 15) is 4.79 Å². The second-order valence-electron chi connectivity index (χ2n) is 6.74. The van der Waals surface area contributed by atoms with Gasteiger partial charge in [0.25, 0.3) is 5.91 Å². The third-order valence-electron chi connectivity index (χ3n) is 4.99. The SMILES string of the molecule is COc1ccc(CCCNC(=O)c2ccc3c(c2)CCCC3)cc1OC. The second kappa shape index (κ2) is 8.75. The Kier molecular flexibility index (Phi) is 6.16. The summed E-state index contributed by atoms with van der Waals surface area (Å²) in [5.74, 6) is 1.49. The van der Waals surface area contributed by atoms with Crippen LogP contribution in [0.25, 0.3) is 0 Å². The Hall–Kier alpha value is -2.49. The van der Waals surface area contributed by atoms with Crippen LogP contribution < -0.4 is 14.8 Å². The molecule has 0 saturated carbocycles. The molecule has 1 amide bonds. The molecule has 1 aliphatic carbocycles. The number of nitrogens with one attached hydrogen (secondary N) is 1. The van der Waals surface area contributed by atoms with Crippen molar-refractivity contribution in [3.8, 4) is 11.5 Å². The van der Waals surface area contributed by atoms with Crippen molar-refractivity contribution in [1.82, 2.24) is 5.32 Å². The molecule has 1 N–H and O–H groups in total. The predicted molar refractivity (Wildman–Crippen MR) is 103 cm³/mol. The summed E-state index contributed by atoms with van der Waals surface area (Å²) in [7, 11) is 3.27. The number of hydrogen-bond acceptors (Lipinski definition) is 3. The lowest BCUT2D eigenvalue weighted by Crippen LogP contribution is -2.25. The smallest absolute Gasteiger partial charge is 0.251 e. The van der Waals surface area contributed by atoms with Crippen molar-refractivity contribution in [1.29, 1.82) is 0 Å². The van der Waals surface area contributed by atoms with Gasteiger partial charge in [-0.1, -0.05) is 12.1 Å². The first-order chi connectivity index (χ1) is 12.7. The van der Waals surface area contributed by atoms with Gasteiger partial charge in [0.2, 0.25) is 0 Å². The van der Waals surface area contributed by atoms with Gasteiger partial charge in [-0.2, -0.15) is 0 Å². The molecule has 0 heterocycles. The number of fused-ring (bicyclic) bond motifs is 1. The summed E-state index contributed by atoms with van der Waals surface area (Å²) in [4.78, 5) is 12.4. The summed E-state index contributed by atoms with van der Waals surface area (Å²) in [6, 6.07) is 12.1. The number of carbonyl (C=O) groups is 1. The van der Waals surface area contributed by atoms with Crippen molar-refractivity contribution < 1.29 is 14.3 Å². The Labute approximate surface area is 155 Å². The fourth-order valence-corrected chi connectivity index (χ4v) is 3.51. The van der Waals surface area contributed by atoms with Crippen molar-refractivity contribution in [3.05, 3.63) is 58.7 Å². The van der Waals surface area contributed by atoms with E-state index in [1.807, 2.05) is 24.3 Å². The Bertz CT molecular complexity index is 770. The quantitative estimate of drug-likeness (QED) is 0.767. The topological polar surface area (TPSA) is 47.6 Å². The highest BCUT2D eigenvalue weighted by Gasteiger charge is 2.12. The molecular weight excluding hydrogens is 326 g/mol. The number of rotatable bonds is 7. The van der Waals surface area contributed by atoms with Gasteiger partial charge >= 0.3 is 0 Å². The Morgan fingerprint density at radius 3 is 2.50 bits per heavy atom. The van der Waals surface area contributed by atoms with E-state index in [4.69, 9.17) is 9.47 Å². The molecule has 0 unspecified atom stereocenters. The maximum Gasteiger partial charge on any atom is 0.251 e. The van der Waals surface area contributed by atoms with Gasteiger partial charge in [0, 0.05) is 12.1 Å². The Morgan fingerprint density at radius 2 is 1.73 bits per heavy atom. The standard InChI is InChI=1S/C22H27NO3/c1-25-20-12-9-16(14-21(20)26-2)6-5-13-23-22(24)19-11-10-17-7-3-4-8-18(17)15-19/h9-12,14-15H,3-8,13H2,1-2H3,(H,23,24). The molecule has 4 nitrogen and oxygen atoms in total. The lowest BCUT2D eigenvalue weighted by atomic mass is 9.90. The molecule has 0 atom stereocenters. The van der Waals surface area contributed by atoms with Gasteiger partial charge in [-0.25, -0.2) is 0 Å². The minimum absolute atomic E-state index is 0.0192. The first kappa shape index (κ1) is 18.3. The van der Waals surface area contributed by atoms with Crippen LogP contribution in [0.1, 0.15) is 46.3 Å². The summed E-state index contributed by atoms with van der Waals surface area (Å²) >= 11 is 0. The average Bonchev–Trinajstić information content (AvgIpc) is 2.70. The molecule has 0 bridgehead atoms. The average molecular weight is 353 g/mol. The maximum absolute atomic E-state index is 12.4. The van der Waals surface area contributed by atoms with Crippen LogP contribution in [0.5, 0.6) is 11.5 Å². The van der Waals surface area contributed by atoms with Crippen LogP contribution in [0.15, 0.2) is 36.4 Å². The molecule has 0 fully saturated rings. The third-order valence-corrected chi connectivity index (χ3v) is 4.99. The Morgan fingerprint density at radius 1 is 0.962 bits per heavy atom. The summed E-state index contributed by atoms with van der Waals surface area (Å²) in [6.07, 6.45) is 6.48. The van der Waals surface area contributed by atoms with E-state index < -0.39 is 0 Å². The number of aryl methyl sites for hydroxylation is 3. The minimum Gasteiger partial charge on any atom is -0.493 e. The lowest BCUT2D eigenvalue weighted by Gasteiger charge is -2.16. The van der Waals surface area contributed by atoms with Crippen LogP contribution in [0.4, 0.5) is 0 Å². The molecule has 2 aromatic rings. The van der Waals surface area contributed by atoms with E-state index in [1.54, 1.807) is 14.2 Å². The van der Waals surface area contributed by atoms with Gasteiger partial charge in [-0.3, -0.25) is 4.79 Å². The minimum atomic E-state index is 0.0192. The number of methoxy groups -OCH3 is 2. The predicted octanol–water partition coefficient (Wildman–Crippen LogP) is 3.95. The fourth-order valence-electron chi connectivity index (χ4n) is 3.51. The van der Waals surface area contributed by atoms with Crippen LogP contribution >= 0.6 is 0 Å². The molecule has 2 aromatic carbocycles. The highest BCUT2D eigenvalue weighted by molar-refractivity contribution is 5.94. The zero-order chi connectivity index (χ0) is 18.4. The van der Waals surface area contributed by atoms with Gasteiger partial charge in [-0.15, -0.1) is 0 Å². The molecule has 0 radical (unpaired) electrons. The molecule has 0 saturated heterocycles. The van der Waals surface area contributed by atoms with Gasteiger partial charge < -0.3 is 14.8 Å². The van der Waals surface area contributed by atoms with E-state index in [0.717, 1.165) is 42.7 Å². The molecule has 138 valence electrons. The van der Waals surface area contributed by atoms with E-state index in [2.05, 4.69) is 17.4 Å². The molecule has 4 heteroatoms. The molecule has 0 aliphatic heterocycles. The van der Waals surface area contributed by atoms with Crippen molar-refractivity contribution in [2.24, 2.45) is 0 Å². The van der Waals surface area contributed by atoms with Crippen molar-refractivity contribution in [3.63, 3.8) is 0 Å². The molecule has 1 aliphatic rings. The zero-order valence-electron chi connectivity index (χ0n) is 15.6. The number of carbonyl (C=O) groups excluding carboxylic acids is 1. The number of benzene rings is 2. The molecule has 0 spiro atoms. The van der Waals surface area contributed by atoms with Gasteiger partial charge in [0.05, 0.1) is 14.2 Å². The number of ether oxygens (including phenoxy) is 2. The van der Waals surface area contributed by atoms with E-state index in [-0.39, 0.29) is 5.91 Å². The molecule has 26 heavy (non-hydrogen) atoms. The van der Waals surface area contributed by atoms with Crippen molar-refractivity contribution in [2.45, 2.75) is 38.5 Å². The van der Waals surface area contributed by atoms with E-state index >= 15 is 0 Å². The highest BCUT2D eigenvalue weighted by atomic mass is 16.5. The van der Waals surface area contributed by atoms with Crippen molar-refractivity contribution in [2.75, 3.05) is 20.8 Å². The van der Waals surface area contributed by atoms with Gasteiger partial charge in [0.15, 0.2) is 11.5 Å². The largest absolute Gasteiger partial charge is 0.493 e. The highest BCUT2D eigenvalue weighted by Crippen LogP contribution is 2.28. The zero-order valence-corrected chi connectivity index (χ0v) is 15.6. The van der Waals surface area contributed by atoms with Crippen LogP contribution in [-0.2, 0) is 19.3 Å². The lowest BCUT2D eigenvalue weighted by molar-refractivity contribution is 0.0953. The summed E-state index contributed by atoms with van der Waals surface area (Å²) < 4.78 is 10.6. The summed E-state index contributed by atoms with van der Waals surface area (Å²) in [5, 5.41) is 3.03. The normalized spacial score (nSPS) is 13.0. The fraction of sp³-hybridized carbons (Fsp3) is 0.409. The monoisotopic (exact) mass is 353 g/mol. The maximum atomic E-state index is 12.4. The summed E-state index contributed by atoms with van der Waals surface area (Å²) in [6.45, 7) is 0.657.